The third-order valence-electron chi connectivity index (χ3n) is 2.96. The van der Waals surface area contributed by atoms with E-state index in [9.17, 15) is 4.79 Å². The SMILES string of the molecule is CCc1cccnc1CNC(=O)c1c(N)cnn1C. The van der Waals surface area contributed by atoms with Gasteiger partial charge in [-0.3, -0.25) is 14.5 Å². The Morgan fingerprint density at radius 3 is 2.95 bits per heavy atom. The van der Waals surface area contributed by atoms with Crippen LogP contribution in [0.5, 0.6) is 0 Å². The van der Waals surface area contributed by atoms with E-state index in [-0.39, 0.29) is 5.91 Å². The first-order chi connectivity index (χ1) is 9.13. The average Bonchev–Trinajstić information content (AvgIpc) is 2.76. The second-order valence-electron chi connectivity index (χ2n) is 4.22. The second kappa shape index (κ2) is 5.51. The van der Waals surface area contributed by atoms with E-state index in [1.807, 2.05) is 12.1 Å². The Labute approximate surface area is 111 Å². The van der Waals surface area contributed by atoms with Crippen molar-refractivity contribution in [2.24, 2.45) is 7.05 Å². The van der Waals surface area contributed by atoms with Crippen LogP contribution in [0.2, 0.25) is 0 Å². The molecular weight excluding hydrogens is 242 g/mol. The number of nitrogens with zero attached hydrogens (tertiary/aromatic N) is 3. The van der Waals surface area contributed by atoms with Crippen LogP contribution in [0.25, 0.3) is 0 Å². The van der Waals surface area contributed by atoms with E-state index in [0.717, 1.165) is 17.7 Å². The normalized spacial score (nSPS) is 10.4. The van der Waals surface area contributed by atoms with Gasteiger partial charge in [0.25, 0.3) is 5.91 Å². The summed E-state index contributed by atoms with van der Waals surface area (Å²) < 4.78 is 1.46. The fraction of sp³-hybridized carbons (Fsp3) is 0.308. The van der Waals surface area contributed by atoms with Gasteiger partial charge in [0.05, 0.1) is 24.1 Å². The molecule has 0 fully saturated rings. The van der Waals surface area contributed by atoms with Crippen LogP contribution in [0, 0.1) is 0 Å². The van der Waals surface area contributed by atoms with Crippen LogP contribution >= 0.6 is 0 Å². The highest BCUT2D eigenvalue weighted by Gasteiger charge is 2.15. The fourth-order valence-corrected chi connectivity index (χ4v) is 1.93. The summed E-state index contributed by atoms with van der Waals surface area (Å²) in [5.41, 5.74) is 8.45. The number of pyridine rings is 1. The molecule has 0 aliphatic heterocycles. The Morgan fingerprint density at radius 1 is 1.53 bits per heavy atom. The topological polar surface area (TPSA) is 85.8 Å². The molecule has 3 N–H and O–H groups in total. The predicted octanol–water partition coefficient (Wildman–Crippen LogP) is 0.890. The van der Waals surface area contributed by atoms with Crippen LogP contribution in [-0.4, -0.2) is 20.7 Å². The highest BCUT2D eigenvalue weighted by molar-refractivity contribution is 5.97. The molecule has 2 heterocycles. The lowest BCUT2D eigenvalue weighted by Gasteiger charge is -2.08. The number of carbonyl (C=O) groups excluding carboxylic acids is 1. The Morgan fingerprint density at radius 2 is 2.32 bits per heavy atom. The van der Waals surface area contributed by atoms with Crippen molar-refractivity contribution in [1.82, 2.24) is 20.1 Å². The molecule has 0 aliphatic carbocycles. The van der Waals surface area contributed by atoms with Gasteiger partial charge in [0.1, 0.15) is 5.69 Å². The van der Waals surface area contributed by atoms with E-state index in [1.54, 1.807) is 13.2 Å². The zero-order chi connectivity index (χ0) is 13.8. The molecule has 2 aromatic heterocycles. The molecule has 0 radical (unpaired) electrons. The average molecular weight is 259 g/mol. The number of rotatable bonds is 4. The number of aromatic nitrogens is 3. The zero-order valence-corrected chi connectivity index (χ0v) is 11.1. The Bertz CT molecular complexity index is 571. The van der Waals surface area contributed by atoms with Gasteiger partial charge in [-0.1, -0.05) is 13.0 Å². The molecule has 0 spiro atoms. The molecule has 2 rings (SSSR count). The Hall–Kier alpha value is -2.37. The van der Waals surface area contributed by atoms with Crippen LogP contribution in [-0.2, 0) is 20.0 Å². The van der Waals surface area contributed by atoms with Crippen molar-refractivity contribution in [2.75, 3.05) is 5.73 Å². The van der Waals surface area contributed by atoms with Gasteiger partial charge >= 0.3 is 0 Å². The number of hydrogen-bond donors (Lipinski definition) is 2. The minimum Gasteiger partial charge on any atom is -0.396 e. The molecule has 100 valence electrons. The van der Waals surface area contributed by atoms with Crippen molar-refractivity contribution in [2.45, 2.75) is 19.9 Å². The van der Waals surface area contributed by atoms with Crippen molar-refractivity contribution < 1.29 is 4.79 Å². The van der Waals surface area contributed by atoms with Gasteiger partial charge in [-0.25, -0.2) is 0 Å². The summed E-state index contributed by atoms with van der Waals surface area (Å²) in [4.78, 5) is 16.3. The van der Waals surface area contributed by atoms with Gasteiger partial charge < -0.3 is 11.1 Å². The van der Waals surface area contributed by atoms with Gasteiger partial charge in [-0.2, -0.15) is 5.10 Å². The van der Waals surface area contributed by atoms with Crippen molar-refractivity contribution >= 4 is 11.6 Å². The molecule has 0 aromatic carbocycles. The molecule has 0 bridgehead atoms. The lowest BCUT2D eigenvalue weighted by molar-refractivity contribution is 0.0942. The first kappa shape index (κ1) is 13.1. The highest BCUT2D eigenvalue weighted by atomic mass is 16.2. The molecule has 6 heteroatoms. The number of aryl methyl sites for hydroxylation is 2. The number of nitrogens with two attached hydrogens (primary N) is 1. The molecule has 0 saturated carbocycles. The van der Waals surface area contributed by atoms with Crippen molar-refractivity contribution in [3.8, 4) is 0 Å². The van der Waals surface area contributed by atoms with E-state index in [2.05, 4.69) is 22.3 Å². The van der Waals surface area contributed by atoms with E-state index >= 15 is 0 Å². The van der Waals surface area contributed by atoms with Crippen molar-refractivity contribution in [3.05, 3.63) is 41.5 Å². The predicted molar refractivity (Wildman–Crippen MR) is 72.4 cm³/mol. The molecule has 6 nitrogen and oxygen atoms in total. The summed E-state index contributed by atoms with van der Waals surface area (Å²) >= 11 is 0. The first-order valence-electron chi connectivity index (χ1n) is 6.12. The monoisotopic (exact) mass is 259 g/mol. The molecule has 0 unspecified atom stereocenters. The minimum atomic E-state index is -0.245. The summed E-state index contributed by atoms with van der Waals surface area (Å²) in [7, 11) is 1.68. The maximum absolute atomic E-state index is 12.0. The molecule has 0 saturated heterocycles. The number of nitrogens with one attached hydrogen (secondary N) is 1. The number of nitrogen functional groups attached to an aromatic ring is 1. The summed E-state index contributed by atoms with van der Waals surface area (Å²) in [6.07, 6.45) is 4.07. The van der Waals surface area contributed by atoms with Gasteiger partial charge in [0.15, 0.2) is 0 Å². The number of anilines is 1. The summed E-state index contributed by atoms with van der Waals surface area (Å²) in [6, 6.07) is 3.90. The third kappa shape index (κ3) is 2.73. The highest BCUT2D eigenvalue weighted by Crippen LogP contribution is 2.10. The van der Waals surface area contributed by atoms with Gasteiger partial charge in [-0.05, 0) is 18.1 Å². The maximum atomic E-state index is 12.0. The van der Waals surface area contributed by atoms with Gasteiger partial charge in [-0.15, -0.1) is 0 Å². The van der Waals surface area contributed by atoms with Crippen LogP contribution in [0.4, 0.5) is 5.69 Å². The van der Waals surface area contributed by atoms with E-state index in [4.69, 9.17) is 5.73 Å². The number of amides is 1. The minimum absolute atomic E-state index is 0.245. The second-order valence-corrected chi connectivity index (χ2v) is 4.22. The Kier molecular flexibility index (Phi) is 3.79. The molecule has 2 aromatic rings. The van der Waals surface area contributed by atoms with E-state index < -0.39 is 0 Å². The number of hydrogen-bond acceptors (Lipinski definition) is 4. The van der Waals surface area contributed by atoms with Crippen LogP contribution < -0.4 is 11.1 Å². The number of carbonyl (C=O) groups is 1. The molecular formula is C13H17N5O. The quantitative estimate of drug-likeness (QED) is 0.853. The maximum Gasteiger partial charge on any atom is 0.272 e. The van der Waals surface area contributed by atoms with Crippen LogP contribution in [0.1, 0.15) is 28.7 Å². The molecule has 1 amide bonds. The zero-order valence-electron chi connectivity index (χ0n) is 11.1. The molecule has 0 atom stereocenters. The summed E-state index contributed by atoms with van der Waals surface area (Å²) in [6.45, 7) is 2.44. The van der Waals surface area contributed by atoms with Crippen LogP contribution in [0.3, 0.4) is 0 Å². The van der Waals surface area contributed by atoms with Crippen molar-refractivity contribution in [1.29, 1.82) is 0 Å². The first-order valence-corrected chi connectivity index (χ1v) is 6.12. The molecule has 0 aliphatic rings. The fourth-order valence-electron chi connectivity index (χ4n) is 1.93. The van der Waals surface area contributed by atoms with Gasteiger partial charge in [0.2, 0.25) is 0 Å². The van der Waals surface area contributed by atoms with E-state index in [0.29, 0.717) is 17.9 Å². The Balaban J connectivity index is 2.09. The lowest BCUT2D eigenvalue weighted by Crippen LogP contribution is -2.26. The largest absolute Gasteiger partial charge is 0.396 e. The standard InChI is InChI=1S/C13H17N5O/c1-3-9-5-4-6-15-11(9)8-16-13(19)12-10(14)7-17-18(12)2/h4-7H,3,8,14H2,1-2H3,(H,16,19). The van der Waals surface area contributed by atoms with Crippen LogP contribution in [0.15, 0.2) is 24.5 Å². The van der Waals surface area contributed by atoms with E-state index in [1.165, 1.54) is 10.9 Å². The molecule has 19 heavy (non-hydrogen) atoms. The third-order valence-corrected chi connectivity index (χ3v) is 2.96. The summed E-state index contributed by atoms with van der Waals surface area (Å²) in [5, 5.41) is 6.76. The lowest BCUT2D eigenvalue weighted by atomic mass is 10.1. The smallest absolute Gasteiger partial charge is 0.272 e. The van der Waals surface area contributed by atoms with Crippen molar-refractivity contribution in [3.63, 3.8) is 0 Å². The van der Waals surface area contributed by atoms with Gasteiger partial charge in [0, 0.05) is 13.2 Å². The summed E-state index contributed by atoms with van der Waals surface area (Å²) in [5.74, 6) is -0.245.